The number of nitrogens with one attached hydrogen (secondary N) is 1. The molecule has 0 radical (unpaired) electrons. The fourth-order valence-electron chi connectivity index (χ4n) is 2.52. The van der Waals surface area contributed by atoms with Crippen molar-refractivity contribution in [3.63, 3.8) is 0 Å². The number of ether oxygens (including phenoxy) is 1. The van der Waals surface area contributed by atoms with Gasteiger partial charge in [0.1, 0.15) is 6.61 Å². The molecule has 0 saturated heterocycles. The van der Waals surface area contributed by atoms with E-state index in [0.717, 1.165) is 11.1 Å². The fraction of sp³-hybridized carbons (Fsp3) is 0.0909. The predicted octanol–water partition coefficient (Wildman–Crippen LogP) is 4.97. The number of carbonyl (C=O) groups excluding carboxylic acids is 2. The number of anilines is 1. The lowest BCUT2D eigenvalue weighted by molar-refractivity contribution is 0.103. The molecule has 0 aliphatic carbocycles. The van der Waals surface area contributed by atoms with Gasteiger partial charge in [-0.05, 0) is 24.6 Å². The third-order valence-electron chi connectivity index (χ3n) is 3.93. The molecule has 0 saturated carbocycles. The molecule has 0 fully saturated rings. The summed E-state index contributed by atoms with van der Waals surface area (Å²) in [4.78, 5) is 24.8. The molecule has 4 heteroatoms. The van der Waals surface area contributed by atoms with Crippen LogP contribution >= 0.6 is 0 Å². The Hall–Kier alpha value is -3.40. The zero-order valence-corrected chi connectivity index (χ0v) is 14.4. The van der Waals surface area contributed by atoms with Gasteiger partial charge < -0.3 is 4.74 Å². The summed E-state index contributed by atoms with van der Waals surface area (Å²) in [5.74, 6) is -0.149. The summed E-state index contributed by atoms with van der Waals surface area (Å²) in [6.07, 6.45) is -0.599. The molecule has 0 aromatic heterocycles. The summed E-state index contributed by atoms with van der Waals surface area (Å²) in [6.45, 7) is 2.13. The van der Waals surface area contributed by atoms with Crippen LogP contribution in [-0.4, -0.2) is 11.9 Å². The normalized spacial score (nSPS) is 10.2. The Kier molecular flexibility index (Phi) is 5.44. The molecule has 0 aliphatic rings. The van der Waals surface area contributed by atoms with Crippen molar-refractivity contribution in [2.75, 3.05) is 5.32 Å². The summed E-state index contributed by atoms with van der Waals surface area (Å²) in [7, 11) is 0. The van der Waals surface area contributed by atoms with Crippen molar-refractivity contribution >= 4 is 17.6 Å². The van der Waals surface area contributed by atoms with E-state index in [1.54, 1.807) is 36.4 Å². The molecule has 0 spiro atoms. The minimum absolute atomic E-state index is 0.149. The quantitative estimate of drug-likeness (QED) is 0.664. The van der Waals surface area contributed by atoms with E-state index in [0.29, 0.717) is 16.8 Å². The topological polar surface area (TPSA) is 55.4 Å². The minimum atomic E-state index is -0.599. The van der Waals surface area contributed by atoms with Crippen LogP contribution in [0.3, 0.4) is 0 Å². The highest BCUT2D eigenvalue weighted by Crippen LogP contribution is 2.20. The highest BCUT2D eigenvalue weighted by molar-refractivity contribution is 6.13. The van der Waals surface area contributed by atoms with Crippen molar-refractivity contribution in [3.05, 3.63) is 101 Å². The Balaban J connectivity index is 1.71. The number of aryl methyl sites for hydroxylation is 1. The zero-order chi connectivity index (χ0) is 18.4. The summed E-state index contributed by atoms with van der Waals surface area (Å²) in [6, 6.07) is 23.7. The second-order valence-corrected chi connectivity index (χ2v) is 5.93. The first-order valence-electron chi connectivity index (χ1n) is 8.31. The lowest BCUT2D eigenvalue weighted by Gasteiger charge is -2.11. The Morgan fingerprint density at radius 3 is 2.23 bits per heavy atom. The van der Waals surface area contributed by atoms with Gasteiger partial charge in [0.05, 0.1) is 5.69 Å². The number of amides is 1. The van der Waals surface area contributed by atoms with Crippen LogP contribution in [0.5, 0.6) is 0 Å². The maximum absolute atomic E-state index is 12.7. The van der Waals surface area contributed by atoms with Crippen LogP contribution in [0.2, 0.25) is 0 Å². The first kappa shape index (κ1) is 17.4. The highest BCUT2D eigenvalue weighted by Gasteiger charge is 2.15. The number of carbonyl (C=O) groups is 2. The number of rotatable bonds is 5. The zero-order valence-electron chi connectivity index (χ0n) is 14.4. The molecule has 0 heterocycles. The van der Waals surface area contributed by atoms with Crippen LogP contribution in [0.4, 0.5) is 10.5 Å². The van der Waals surface area contributed by atoms with Crippen LogP contribution in [0.15, 0.2) is 78.9 Å². The van der Waals surface area contributed by atoms with Crippen molar-refractivity contribution in [2.45, 2.75) is 13.5 Å². The fourth-order valence-corrected chi connectivity index (χ4v) is 2.52. The molecule has 26 heavy (non-hydrogen) atoms. The predicted molar refractivity (Wildman–Crippen MR) is 101 cm³/mol. The van der Waals surface area contributed by atoms with Crippen molar-refractivity contribution in [2.24, 2.45) is 0 Å². The van der Waals surface area contributed by atoms with Gasteiger partial charge in [-0.3, -0.25) is 10.1 Å². The van der Waals surface area contributed by atoms with Gasteiger partial charge >= 0.3 is 6.09 Å². The Bertz CT molecular complexity index is 902. The van der Waals surface area contributed by atoms with E-state index in [2.05, 4.69) is 5.32 Å². The van der Waals surface area contributed by atoms with E-state index in [4.69, 9.17) is 4.74 Å². The smallest absolute Gasteiger partial charge is 0.411 e. The highest BCUT2D eigenvalue weighted by atomic mass is 16.5. The Morgan fingerprint density at radius 2 is 1.50 bits per heavy atom. The monoisotopic (exact) mass is 345 g/mol. The third kappa shape index (κ3) is 4.36. The van der Waals surface area contributed by atoms with Crippen molar-refractivity contribution in [1.82, 2.24) is 0 Å². The molecule has 0 aliphatic heterocycles. The van der Waals surface area contributed by atoms with Gasteiger partial charge in [-0.25, -0.2) is 4.79 Å². The molecule has 0 atom stereocenters. The Labute approximate surface area is 152 Å². The van der Waals surface area contributed by atoms with Gasteiger partial charge in [-0.15, -0.1) is 0 Å². The van der Waals surface area contributed by atoms with Gasteiger partial charge in [0.15, 0.2) is 5.78 Å². The molecule has 3 aromatic carbocycles. The SMILES string of the molecule is Cc1ccc(C(=O)c2ccccc2NC(=O)OCc2ccccc2)cc1. The minimum Gasteiger partial charge on any atom is -0.444 e. The van der Waals surface area contributed by atoms with Crippen LogP contribution in [-0.2, 0) is 11.3 Å². The van der Waals surface area contributed by atoms with Gasteiger partial charge in [0.25, 0.3) is 0 Å². The van der Waals surface area contributed by atoms with E-state index in [1.165, 1.54) is 0 Å². The van der Waals surface area contributed by atoms with Gasteiger partial charge in [0.2, 0.25) is 0 Å². The molecule has 1 amide bonds. The molecule has 0 unspecified atom stereocenters. The summed E-state index contributed by atoms with van der Waals surface area (Å²) in [5, 5.41) is 2.66. The summed E-state index contributed by atoms with van der Waals surface area (Å²) in [5.41, 5.74) is 3.40. The van der Waals surface area contributed by atoms with E-state index < -0.39 is 6.09 Å². The molecule has 3 aromatic rings. The second-order valence-electron chi connectivity index (χ2n) is 5.93. The Morgan fingerprint density at radius 1 is 0.846 bits per heavy atom. The lowest BCUT2D eigenvalue weighted by atomic mass is 10.0. The number of para-hydroxylation sites is 1. The second kappa shape index (κ2) is 8.12. The molecule has 130 valence electrons. The van der Waals surface area contributed by atoms with Crippen molar-refractivity contribution in [1.29, 1.82) is 0 Å². The van der Waals surface area contributed by atoms with Crippen LogP contribution in [0.1, 0.15) is 27.0 Å². The summed E-state index contributed by atoms with van der Waals surface area (Å²) >= 11 is 0. The summed E-state index contributed by atoms with van der Waals surface area (Å²) < 4.78 is 5.23. The molecule has 0 bridgehead atoms. The molecule has 3 rings (SSSR count). The molecular weight excluding hydrogens is 326 g/mol. The van der Waals surface area contributed by atoms with E-state index in [1.807, 2.05) is 49.4 Å². The lowest BCUT2D eigenvalue weighted by Crippen LogP contribution is -2.16. The first-order valence-corrected chi connectivity index (χ1v) is 8.31. The average molecular weight is 345 g/mol. The van der Waals surface area contributed by atoms with Crippen LogP contribution < -0.4 is 5.32 Å². The molecule has 4 nitrogen and oxygen atoms in total. The van der Waals surface area contributed by atoms with Crippen molar-refractivity contribution < 1.29 is 14.3 Å². The van der Waals surface area contributed by atoms with Gasteiger partial charge in [-0.2, -0.15) is 0 Å². The maximum Gasteiger partial charge on any atom is 0.411 e. The van der Waals surface area contributed by atoms with E-state index in [9.17, 15) is 9.59 Å². The van der Waals surface area contributed by atoms with E-state index >= 15 is 0 Å². The van der Waals surface area contributed by atoms with Crippen LogP contribution in [0.25, 0.3) is 0 Å². The number of ketones is 1. The average Bonchev–Trinajstić information content (AvgIpc) is 2.68. The third-order valence-corrected chi connectivity index (χ3v) is 3.93. The van der Waals surface area contributed by atoms with Gasteiger partial charge in [-0.1, -0.05) is 72.3 Å². The first-order chi connectivity index (χ1) is 12.6. The largest absolute Gasteiger partial charge is 0.444 e. The van der Waals surface area contributed by atoms with Crippen LogP contribution in [0, 0.1) is 6.92 Å². The van der Waals surface area contributed by atoms with E-state index in [-0.39, 0.29) is 12.4 Å². The molecule has 1 N–H and O–H groups in total. The maximum atomic E-state index is 12.7. The van der Waals surface area contributed by atoms with Gasteiger partial charge in [0, 0.05) is 11.1 Å². The number of hydrogen-bond donors (Lipinski definition) is 1. The van der Waals surface area contributed by atoms with Crippen molar-refractivity contribution in [3.8, 4) is 0 Å². The number of hydrogen-bond acceptors (Lipinski definition) is 3. The standard InChI is InChI=1S/C22H19NO3/c1-16-11-13-18(14-12-16)21(24)19-9-5-6-10-20(19)23-22(25)26-15-17-7-3-2-4-8-17/h2-14H,15H2,1H3,(H,23,25). The molecular formula is C22H19NO3. The number of benzene rings is 3.